The number of methoxy groups -OCH3 is 1. The Morgan fingerprint density at radius 2 is 1.83 bits per heavy atom. The second kappa shape index (κ2) is 12.3. The van der Waals surface area contributed by atoms with Crippen molar-refractivity contribution in [2.45, 2.75) is 77.2 Å². The molecule has 2 N–H and O–H groups in total. The smallest absolute Gasteiger partial charge is 0.303 e. The Balaban J connectivity index is 1.73. The van der Waals surface area contributed by atoms with Crippen molar-refractivity contribution in [1.29, 1.82) is 0 Å². The summed E-state index contributed by atoms with van der Waals surface area (Å²) < 4.78 is 11.2. The standard InChI is InChI=1S/C23H35NO5/c1-17-7-11-19(12-8-17)24-22(25)14-10-18-9-13-20(21(16-18)28-2)29-15-5-3-4-6-23(26)27/h9,13,16-17,19H,3-8,10-12,14-15H2,1-2H3,(H,24,25)(H,26,27). The average Bonchev–Trinajstić information content (AvgIpc) is 2.71. The number of carbonyl (C=O) groups is 2. The number of ether oxygens (including phenoxy) is 2. The van der Waals surface area contributed by atoms with Gasteiger partial charge in [-0.25, -0.2) is 0 Å². The van der Waals surface area contributed by atoms with Gasteiger partial charge in [-0.1, -0.05) is 13.0 Å². The highest BCUT2D eigenvalue weighted by atomic mass is 16.5. The minimum atomic E-state index is -0.759. The summed E-state index contributed by atoms with van der Waals surface area (Å²) in [7, 11) is 1.61. The number of carboxylic acids is 1. The van der Waals surface area contributed by atoms with Crippen molar-refractivity contribution >= 4 is 11.9 Å². The van der Waals surface area contributed by atoms with Gasteiger partial charge in [-0.05, 0) is 75.0 Å². The molecule has 0 saturated heterocycles. The van der Waals surface area contributed by atoms with Crippen LogP contribution in [-0.2, 0) is 16.0 Å². The van der Waals surface area contributed by atoms with Crippen molar-refractivity contribution in [2.24, 2.45) is 5.92 Å². The summed E-state index contributed by atoms with van der Waals surface area (Å²) in [6, 6.07) is 6.11. The molecule has 1 aromatic carbocycles. The molecule has 0 atom stereocenters. The third kappa shape index (κ3) is 8.75. The van der Waals surface area contributed by atoms with Crippen molar-refractivity contribution in [3.05, 3.63) is 23.8 Å². The molecule has 6 heteroatoms. The van der Waals surface area contributed by atoms with E-state index < -0.39 is 5.97 Å². The predicted octanol–water partition coefficient (Wildman–Crippen LogP) is 4.35. The zero-order valence-electron chi connectivity index (χ0n) is 17.7. The minimum absolute atomic E-state index is 0.116. The lowest BCUT2D eigenvalue weighted by Crippen LogP contribution is -2.37. The number of amides is 1. The van der Waals surface area contributed by atoms with Crippen molar-refractivity contribution in [3.8, 4) is 11.5 Å². The average molecular weight is 406 g/mol. The van der Waals surface area contributed by atoms with Crippen LogP contribution in [-0.4, -0.2) is 36.7 Å². The number of carboxylic acid groups (broad SMARTS) is 1. The maximum Gasteiger partial charge on any atom is 0.303 e. The number of hydrogen-bond acceptors (Lipinski definition) is 4. The zero-order valence-corrected chi connectivity index (χ0v) is 17.7. The van der Waals surface area contributed by atoms with E-state index in [0.717, 1.165) is 37.2 Å². The van der Waals surface area contributed by atoms with E-state index in [2.05, 4.69) is 12.2 Å². The van der Waals surface area contributed by atoms with Crippen molar-refractivity contribution in [1.82, 2.24) is 5.32 Å². The summed E-state index contributed by atoms with van der Waals surface area (Å²) in [4.78, 5) is 22.8. The lowest BCUT2D eigenvalue weighted by molar-refractivity contribution is -0.137. The minimum Gasteiger partial charge on any atom is -0.493 e. The monoisotopic (exact) mass is 405 g/mol. The molecule has 0 heterocycles. The van der Waals surface area contributed by atoms with Gasteiger partial charge in [-0.15, -0.1) is 0 Å². The van der Waals surface area contributed by atoms with Crippen LogP contribution in [0.1, 0.15) is 70.3 Å². The Hall–Kier alpha value is -2.24. The Kier molecular flexibility index (Phi) is 9.81. The molecule has 1 aromatic rings. The van der Waals surface area contributed by atoms with Gasteiger partial charge in [0.2, 0.25) is 5.91 Å². The number of aliphatic carboxylic acids is 1. The summed E-state index contributed by atoms with van der Waals surface area (Å²) in [5.41, 5.74) is 1.04. The summed E-state index contributed by atoms with van der Waals surface area (Å²) >= 11 is 0. The molecule has 1 aliphatic carbocycles. The second-order valence-electron chi connectivity index (χ2n) is 8.06. The molecule has 0 radical (unpaired) electrons. The molecule has 1 amide bonds. The number of benzene rings is 1. The zero-order chi connectivity index (χ0) is 21.1. The van der Waals surface area contributed by atoms with Gasteiger partial charge >= 0.3 is 5.97 Å². The maximum absolute atomic E-state index is 12.3. The predicted molar refractivity (Wildman–Crippen MR) is 112 cm³/mol. The van der Waals surface area contributed by atoms with Gasteiger partial charge < -0.3 is 19.9 Å². The lowest BCUT2D eigenvalue weighted by Gasteiger charge is -2.26. The molecule has 0 bridgehead atoms. The van der Waals surface area contributed by atoms with E-state index in [4.69, 9.17) is 14.6 Å². The molecule has 162 valence electrons. The molecule has 29 heavy (non-hydrogen) atoms. The molecular weight excluding hydrogens is 370 g/mol. The van der Waals surface area contributed by atoms with E-state index in [1.54, 1.807) is 7.11 Å². The summed E-state index contributed by atoms with van der Waals surface area (Å²) in [6.45, 7) is 2.80. The van der Waals surface area contributed by atoms with Crippen LogP contribution < -0.4 is 14.8 Å². The number of hydrogen-bond donors (Lipinski definition) is 2. The fourth-order valence-corrected chi connectivity index (χ4v) is 3.69. The van der Waals surface area contributed by atoms with Crippen LogP contribution >= 0.6 is 0 Å². The highest BCUT2D eigenvalue weighted by Gasteiger charge is 2.19. The molecule has 0 aromatic heterocycles. The van der Waals surface area contributed by atoms with Crippen molar-refractivity contribution < 1.29 is 24.2 Å². The normalized spacial score (nSPS) is 18.8. The molecule has 1 fully saturated rings. The molecular formula is C23H35NO5. The summed E-state index contributed by atoms with van der Waals surface area (Å²) in [5.74, 6) is 1.47. The fourth-order valence-electron chi connectivity index (χ4n) is 3.69. The first-order chi connectivity index (χ1) is 14.0. The van der Waals surface area contributed by atoms with E-state index in [0.29, 0.717) is 43.4 Å². The Morgan fingerprint density at radius 1 is 1.07 bits per heavy atom. The van der Waals surface area contributed by atoms with Crippen LogP contribution in [0.15, 0.2) is 18.2 Å². The van der Waals surface area contributed by atoms with Crippen molar-refractivity contribution in [2.75, 3.05) is 13.7 Å². The Morgan fingerprint density at radius 3 is 2.52 bits per heavy atom. The molecule has 0 aliphatic heterocycles. The van der Waals surface area contributed by atoms with E-state index in [9.17, 15) is 9.59 Å². The van der Waals surface area contributed by atoms with Gasteiger partial charge in [0.05, 0.1) is 13.7 Å². The van der Waals surface area contributed by atoms with Gasteiger partial charge in [-0.2, -0.15) is 0 Å². The molecule has 1 aliphatic rings. The number of aryl methyl sites for hydroxylation is 1. The molecule has 2 rings (SSSR count). The third-order valence-electron chi connectivity index (χ3n) is 5.54. The van der Waals surface area contributed by atoms with Crippen LogP contribution in [0.4, 0.5) is 0 Å². The first-order valence-corrected chi connectivity index (χ1v) is 10.8. The van der Waals surface area contributed by atoms with E-state index in [1.165, 1.54) is 12.8 Å². The SMILES string of the molecule is COc1cc(CCC(=O)NC2CCC(C)CC2)ccc1OCCCCCC(=O)O. The van der Waals surface area contributed by atoms with Crippen LogP contribution in [0, 0.1) is 5.92 Å². The van der Waals surface area contributed by atoms with Crippen LogP contribution in [0.2, 0.25) is 0 Å². The van der Waals surface area contributed by atoms with Gasteiger partial charge in [0.1, 0.15) is 0 Å². The van der Waals surface area contributed by atoms with Crippen molar-refractivity contribution in [3.63, 3.8) is 0 Å². The number of unbranched alkanes of at least 4 members (excludes halogenated alkanes) is 2. The molecule has 6 nitrogen and oxygen atoms in total. The second-order valence-corrected chi connectivity index (χ2v) is 8.06. The number of rotatable bonds is 12. The fraction of sp³-hybridized carbons (Fsp3) is 0.652. The van der Waals surface area contributed by atoms with Crippen LogP contribution in [0.25, 0.3) is 0 Å². The number of nitrogens with one attached hydrogen (secondary N) is 1. The molecule has 1 saturated carbocycles. The first kappa shape index (κ1) is 23.0. The highest BCUT2D eigenvalue weighted by Crippen LogP contribution is 2.29. The van der Waals surface area contributed by atoms with E-state index >= 15 is 0 Å². The van der Waals surface area contributed by atoms with E-state index in [1.807, 2.05) is 18.2 Å². The van der Waals surface area contributed by atoms with Gasteiger partial charge in [0.25, 0.3) is 0 Å². The highest BCUT2D eigenvalue weighted by molar-refractivity contribution is 5.76. The van der Waals surface area contributed by atoms with Gasteiger partial charge in [0, 0.05) is 18.9 Å². The summed E-state index contributed by atoms with van der Waals surface area (Å²) in [6.07, 6.45) is 8.19. The quantitative estimate of drug-likeness (QED) is 0.505. The Bertz CT molecular complexity index is 653. The maximum atomic E-state index is 12.3. The topological polar surface area (TPSA) is 84.9 Å². The third-order valence-corrected chi connectivity index (χ3v) is 5.54. The largest absolute Gasteiger partial charge is 0.493 e. The lowest BCUT2D eigenvalue weighted by atomic mass is 9.87. The number of carbonyl (C=O) groups excluding carboxylic acids is 1. The first-order valence-electron chi connectivity index (χ1n) is 10.8. The van der Waals surface area contributed by atoms with Gasteiger partial charge in [-0.3, -0.25) is 9.59 Å². The van der Waals surface area contributed by atoms with Crippen LogP contribution in [0.5, 0.6) is 11.5 Å². The van der Waals surface area contributed by atoms with Crippen LogP contribution in [0.3, 0.4) is 0 Å². The summed E-state index contributed by atoms with van der Waals surface area (Å²) in [5, 5.41) is 11.8. The Labute approximate surface area is 174 Å². The molecule has 0 spiro atoms. The molecule has 0 unspecified atom stereocenters. The van der Waals surface area contributed by atoms with Gasteiger partial charge in [0.15, 0.2) is 11.5 Å². The van der Waals surface area contributed by atoms with E-state index in [-0.39, 0.29) is 12.3 Å².